The third-order valence-corrected chi connectivity index (χ3v) is 5.15. The maximum Gasteiger partial charge on any atom is 0.191 e. The van der Waals surface area contributed by atoms with E-state index in [0.29, 0.717) is 24.9 Å². The fraction of sp³-hybridized carbons (Fsp3) is 0.409. The first-order valence-electron chi connectivity index (χ1n) is 10.1. The molecule has 162 valence electrons. The van der Waals surface area contributed by atoms with Gasteiger partial charge in [-0.05, 0) is 37.6 Å². The lowest BCUT2D eigenvalue weighted by atomic mass is 10.1. The van der Waals surface area contributed by atoms with Gasteiger partial charge >= 0.3 is 0 Å². The van der Waals surface area contributed by atoms with Crippen molar-refractivity contribution in [1.29, 1.82) is 0 Å². The summed E-state index contributed by atoms with van der Waals surface area (Å²) in [6.45, 7) is 5.60. The summed E-state index contributed by atoms with van der Waals surface area (Å²) in [7, 11) is 0. The van der Waals surface area contributed by atoms with Gasteiger partial charge in [0.2, 0.25) is 0 Å². The molecule has 0 aliphatic carbocycles. The van der Waals surface area contributed by atoms with E-state index in [-0.39, 0.29) is 36.6 Å². The molecule has 1 fully saturated rings. The van der Waals surface area contributed by atoms with Crippen molar-refractivity contribution in [3.8, 4) is 5.75 Å². The van der Waals surface area contributed by atoms with Crippen molar-refractivity contribution in [2.75, 3.05) is 31.3 Å². The third-order valence-electron chi connectivity index (χ3n) is 5.15. The Morgan fingerprint density at radius 1 is 1.27 bits per heavy atom. The average Bonchev–Trinajstić information content (AvgIpc) is 3.21. The summed E-state index contributed by atoms with van der Waals surface area (Å²) in [5.74, 6) is 1.13. The molecule has 2 aliphatic heterocycles. The Kier molecular flexibility index (Phi) is 8.15. The summed E-state index contributed by atoms with van der Waals surface area (Å²) < 4.78 is 24.8. The molecule has 0 bridgehead atoms. The Bertz CT molecular complexity index is 866. The molecule has 8 heteroatoms. The van der Waals surface area contributed by atoms with Crippen LogP contribution in [0.1, 0.15) is 24.5 Å². The molecule has 2 heterocycles. The zero-order valence-corrected chi connectivity index (χ0v) is 19.4. The molecule has 2 aliphatic rings. The van der Waals surface area contributed by atoms with Gasteiger partial charge in [0, 0.05) is 42.5 Å². The van der Waals surface area contributed by atoms with E-state index < -0.39 is 0 Å². The van der Waals surface area contributed by atoms with E-state index in [0.717, 1.165) is 43.1 Å². The fourth-order valence-corrected chi connectivity index (χ4v) is 3.80. The van der Waals surface area contributed by atoms with Crippen LogP contribution in [0.5, 0.6) is 5.75 Å². The second kappa shape index (κ2) is 10.8. The predicted octanol–water partition coefficient (Wildman–Crippen LogP) is 3.64. The molecule has 0 saturated carbocycles. The highest BCUT2D eigenvalue weighted by molar-refractivity contribution is 14.0. The summed E-state index contributed by atoms with van der Waals surface area (Å²) in [4.78, 5) is 7.06. The maximum atomic E-state index is 14.0. The normalized spacial score (nSPS) is 18.3. The predicted molar refractivity (Wildman–Crippen MR) is 127 cm³/mol. The largest absolute Gasteiger partial charge is 0.467 e. The minimum absolute atomic E-state index is 0. The molecule has 0 radical (unpaired) electrons. The molecule has 2 aromatic carbocycles. The first-order valence-corrected chi connectivity index (χ1v) is 10.1. The summed E-state index contributed by atoms with van der Waals surface area (Å²) in [6, 6.07) is 13.7. The number of hydrogen-bond acceptors (Lipinski definition) is 4. The smallest absolute Gasteiger partial charge is 0.191 e. The van der Waals surface area contributed by atoms with Crippen LogP contribution in [-0.2, 0) is 17.9 Å². The van der Waals surface area contributed by atoms with Gasteiger partial charge < -0.3 is 25.0 Å². The number of fused-ring (bicyclic) bond motifs is 1. The van der Waals surface area contributed by atoms with Crippen LogP contribution in [0.3, 0.4) is 0 Å². The van der Waals surface area contributed by atoms with E-state index in [2.05, 4.69) is 44.8 Å². The topological polar surface area (TPSA) is 58.1 Å². The molecule has 6 nitrogen and oxygen atoms in total. The van der Waals surface area contributed by atoms with Crippen molar-refractivity contribution in [3.05, 3.63) is 59.4 Å². The Morgan fingerprint density at radius 3 is 2.90 bits per heavy atom. The number of guanidine groups is 1. The van der Waals surface area contributed by atoms with Gasteiger partial charge in [0.15, 0.2) is 12.8 Å². The number of rotatable bonds is 5. The van der Waals surface area contributed by atoms with Crippen molar-refractivity contribution >= 4 is 35.6 Å². The van der Waals surface area contributed by atoms with Crippen LogP contribution in [-0.4, -0.2) is 38.4 Å². The summed E-state index contributed by atoms with van der Waals surface area (Å²) in [5, 5.41) is 6.81. The van der Waals surface area contributed by atoms with E-state index in [9.17, 15) is 4.39 Å². The van der Waals surface area contributed by atoms with E-state index in [1.165, 1.54) is 17.8 Å². The highest BCUT2D eigenvalue weighted by Crippen LogP contribution is 2.30. The van der Waals surface area contributed by atoms with Crippen LogP contribution in [0.2, 0.25) is 0 Å². The lowest BCUT2D eigenvalue weighted by Gasteiger charge is -2.21. The molecular formula is C22H28FIN4O2. The average molecular weight is 526 g/mol. The quantitative estimate of drug-likeness (QED) is 0.354. The van der Waals surface area contributed by atoms with E-state index >= 15 is 0 Å². The number of hydrogen-bond donors (Lipinski definition) is 2. The van der Waals surface area contributed by atoms with Crippen LogP contribution in [0.25, 0.3) is 0 Å². The summed E-state index contributed by atoms with van der Waals surface area (Å²) >= 11 is 0. The van der Waals surface area contributed by atoms with Gasteiger partial charge in [-0.1, -0.05) is 18.2 Å². The number of para-hydroxylation sites is 1. The molecule has 1 atom stereocenters. The van der Waals surface area contributed by atoms with Crippen LogP contribution >= 0.6 is 24.0 Å². The van der Waals surface area contributed by atoms with Crippen molar-refractivity contribution in [2.24, 2.45) is 4.99 Å². The molecule has 30 heavy (non-hydrogen) atoms. The number of anilines is 1. The van der Waals surface area contributed by atoms with E-state index in [1.807, 2.05) is 13.0 Å². The Balaban J connectivity index is 0.00000256. The molecule has 2 N–H and O–H groups in total. The monoisotopic (exact) mass is 526 g/mol. The van der Waals surface area contributed by atoms with Gasteiger partial charge in [-0.15, -0.1) is 24.0 Å². The highest BCUT2D eigenvalue weighted by atomic mass is 127. The summed E-state index contributed by atoms with van der Waals surface area (Å²) in [5.41, 5.74) is 2.70. The Hall–Kier alpha value is -2.07. The first kappa shape index (κ1) is 22.6. The van der Waals surface area contributed by atoms with Crippen LogP contribution in [0.15, 0.2) is 47.5 Å². The van der Waals surface area contributed by atoms with E-state index in [4.69, 9.17) is 9.47 Å². The SMILES string of the molecule is CCNC(=NCc1cc(F)cc2c1OCOC2)NC1CCN(c2ccccc2)C1.I. The van der Waals surface area contributed by atoms with Crippen molar-refractivity contribution in [2.45, 2.75) is 32.5 Å². The molecule has 2 aromatic rings. The lowest BCUT2D eigenvalue weighted by molar-refractivity contribution is -0.0172. The number of benzene rings is 2. The Labute approximate surface area is 193 Å². The second-order valence-corrected chi connectivity index (χ2v) is 7.27. The third kappa shape index (κ3) is 5.54. The number of nitrogens with zero attached hydrogens (tertiary/aromatic N) is 2. The number of halogens is 2. The molecular weight excluding hydrogens is 498 g/mol. The van der Waals surface area contributed by atoms with Gasteiger partial charge in [-0.25, -0.2) is 9.38 Å². The van der Waals surface area contributed by atoms with Crippen molar-refractivity contribution in [1.82, 2.24) is 10.6 Å². The lowest BCUT2D eigenvalue weighted by Crippen LogP contribution is -2.44. The van der Waals surface area contributed by atoms with Crippen molar-refractivity contribution in [3.63, 3.8) is 0 Å². The minimum Gasteiger partial charge on any atom is -0.467 e. The first-order chi connectivity index (χ1) is 14.2. The molecule has 4 rings (SSSR count). The molecule has 0 amide bonds. The van der Waals surface area contributed by atoms with Crippen LogP contribution in [0, 0.1) is 5.82 Å². The standard InChI is InChI=1S/C22H27FN4O2.HI/c1-2-24-22(26-19-8-9-27(13-19)20-6-4-3-5-7-20)25-12-16-10-18(23)11-17-14-28-15-29-21(16)17;/h3-7,10-11,19H,2,8-9,12-15H2,1H3,(H2,24,25,26);1H. The van der Waals surface area contributed by atoms with Gasteiger partial charge in [0.1, 0.15) is 11.6 Å². The number of aliphatic imine (C=N–C) groups is 1. The van der Waals surface area contributed by atoms with E-state index in [1.54, 1.807) is 0 Å². The fourth-order valence-electron chi connectivity index (χ4n) is 3.80. The number of ether oxygens (including phenoxy) is 2. The second-order valence-electron chi connectivity index (χ2n) is 7.27. The molecule has 0 aromatic heterocycles. The van der Waals surface area contributed by atoms with Gasteiger partial charge in [-0.3, -0.25) is 0 Å². The maximum absolute atomic E-state index is 14.0. The minimum atomic E-state index is -0.296. The molecule has 0 spiro atoms. The molecule has 1 saturated heterocycles. The van der Waals surface area contributed by atoms with Crippen molar-refractivity contribution < 1.29 is 13.9 Å². The van der Waals surface area contributed by atoms with Crippen LogP contribution < -0.4 is 20.3 Å². The highest BCUT2D eigenvalue weighted by Gasteiger charge is 2.23. The number of nitrogens with one attached hydrogen (secondary N) is 2. The summed E-state index contributed by atoms with van der Waals surface area (Å²) in [6.07, 6.45) is 1.04. The zero-order valence-electron chi connectivity index (χ0n) is 17.1. The van der Waals surface area contributed by atoms with Gasteiger partial charge in [-0.2, -0.15) is 0 Å². The molecule has 1 unspecified atom stereocenters. The Morgan fingerprint density at radius 2 is 2.10 bits per heavy atom. The zero-order chi connectivity index (χ0) is 20.1. The van der Waals surface area contributed by atoms with Gasteiger partial charge in [0.05, 0.1) is 13.2 Å². The van der Waals surface area contributed by atoms with Crippen LogP contribution in [0.4, 0.5) is 10.1 Å². The van der Waals surface area contributed by atoms with Gasteiger partial charge in [0.25, 0.3) is 0 Å².